The minimum atomic E-state index is -0.588. The minimum absolute atomic E-state index is 0.0470. The average molecular weight is 569 g/mol. The summed E-state index contributed by atoms with van der Waals surface area (Å²) in [6.45, 7) is 5.08. The molecule has 0 spiro atoms. The van der Waals surface area contributed by atoms with Crippen LogP contribution in [0.3, 0.4) is 0 Å². The van der Waals surface area contributed by atoms with E-state index in [0.29, 0.717) is 19.4 Å². The SMILES string of the molecule is CCCCCCCCCCCCCCCCCCOC(=O)CCCCCCCC(O)C(O)CCCCCCCC. The van der Waals surface area contributed by atoms with Crippen LogP contribution in [0.15, 0.2) is 0 Å². The molecule has 0 fully saturated rings. The molecule has 4 nitrogen and oxygen atoms in total. The van der Waals surface area contributed by atoms with Crippen LogP contribution in [-0.4, -0.2) is 35.0 Å². The molecule has 0 saturated carbocycles. The van der Waals surface area contributed by atoms with Gasteiger partial charge in [0, 0.05) is 6.42 Å². The van der Waals surface area contributed by atoms with Gasteiger partial charge in [-0.3, -0.25) is 4.79 Å². The molecular formula is C36H72O4. The zero-order valence-electron chi connectivity index (χ0n) is 27.3. The number of aliphatic hydroxyl groups excluding tert-OH is 2. The number of esters is 1. The van der Waals surface area contributed by atoms with E-state index in [4.69, 9.17) is 4.74 Å². The summed E-state index contributed by atoms with van der Waals surface area (Å²) in [5.74, 6) is -0.0470. The number of hydrogen-bond donors (Lipinski definition) is 2. The van der Waals surface area contributed by atoms with Crippen molar-refractivity contribution in [3.05, 3.63) is 0 Å². The Kier molecular flexibility index (Phi) is 32.4. The Morgan fingerprint density at radius 1 is 0.450 bits per heavy atom. The van der Waals surface area contributed by atoms with E-state index in [1.165, 1.54) is 122 Å². The maximum atomic E-state index is 11.9. The van der Waals surface area contributed by atoms with Crippen LogP contribution in [-0.2, 0) is 9.53 Å². The lowest BCUT2D eigenvalue weighted by Gasteiger charge is -2.17. The normalized spacial score (nSPS) is 13.0. The molecule has 0 radical (unpaired) electrons. The number of rotatable bonds is 33. The fraction of sp³-hybridized carbons (Fsp3) is 0.972. The summed E-state index contributed by atoms with van der Waals surface area (Å²) in [6.07, 6.45) is 34.7. The highest BCUT2D eigenvalue weighted by atomic mass is 16.5. The fourth-order valence-corrected chi connectivity index (χ4v) is 5.58. The maximum absolute atomic E-state index is 11.9. The Balaban J connectivity index is 3.31. The predicted octanol–water partition coefficient (Wildman–Crippen LogP) is 11.0. The molecule has 0 aromatic rings. The van der Waals surface area contributed by atoms with Crippen molar-refractivity contribution in [2.24, 2.45) is 0 Å². The van der Waals surface area contributed by atoms with Crippen molar-refractivity contribution in [1.29, 1.82) is 0 Å². The molecule has 2 N–H and O–H groups in total. The lowest BCUT2D eigenvalue weighted by atomic mass is 9.99. The van der Waals surface area contributed by atoms with Crippen molar-refractivity contribution < 1.29 is 19.7 Å². The van der Waals surface area contributed by atoms with Gasteiger partial charge in [-0.1, -0.05) is 174 Å². The maximum Gasteiger partial charge on any atom is 0.305 e. The first-order valence-electron chi connectivity index (χ1n) is 18.1. The molecule has 2 unspecified atom stereocenters. The smallest absolute Gasteiger partial charge is 0.305 e. The highest BCUT2D eigenvalue weighted by Crippen LogP contribution is 2.16. The van der Waals surface area contributed by atoms with E-state index in [-0.39, 0.29) is 5.97 Å². The van der Waals surface area contributed by atoms with E-state index in [9.17, 15) is 15.0 Å². The number of carbonyl (C=O) groups is 1. The summed E-state index contributed by atoms with van der Waals surface area (Å²) in [5, 5.41) is 20.3. The van der Waals surface area contributed by atoms with Gasteiger partial charge in [-0.2, -0.15) is 0 Å². The summed E-state index contributed by atoms with van der Waals surface area (Å²) in [5.41, 5.74) is 0. The number of ether oxygens (including phenoxy) is 1. The average Bonchev–Trinajstić information content (AvgIpc) is 2.95. The van der Waals surface area contributed by atoms with Gasteiger partial charge < -0.3 is 14.9 Å². The van der Waals surface area contributed by atoms with Crippen molar-refractivity contribution in [2.45, 2.75) is 219 Å². The first-order chi connectivity index (χ1) is 19.6. The largest absolute Gasteiger partial charge is 0.466 e. The van der Waals surface area contributed by atoms with E-state index in [1.54, 1.807) is 0 Å². The lowest BCUT2D eigenvalue weighted by molar-refractivity contribution is -0.143. The van der Waals surface area contributed by atoms with E-state index < -0.39 is 12.2 Å². The van der Waals surface area contributed by atoms with Crippen molar-refractivity contribution in [1.82, 2.24) is 0 Å². The molecule has 0 rings (SSSR count). The topological polar surface area (TPSA) is 66.8 Å². The number of hydrogen-bond acceptors (Lipinski definition) is 4. The summed E-state index contributed by atoms with van der Waals surface area (Å²) in [4.78, 5) is 11.9. The highest BCUT2D eigenvalue weighted by molar-refractivity contribution is 5.69. The highest BCUT2D eigenvalue weighted by Gasteiger charge is 2.15. The van der Waals surface area contributed by atoms with Gasteiger partial charge in [0.15, 0.2) is 0 Å². The summed E-state index contributed by atoms with van der Waals surface area (Å²) in [7, 11) is 0. The van der Waals surface area contributed by atoms with E-state index >= 15 is 0 Å². The van der Waals surface area contributed by atoms with Gasteiger partial charge in [0.05, 0.1) is 18.8 Å². The molecule has 40 heavy (non-hydrogen) atoms. The summed E-state index contributed by atoms with van der Waals surface area (Å²) >= 11 is 0. The molecule has 0 aliphatic rings. The standard InChI is InChI=1S/C36H72O4/c1-3-5-7-9-11-12-13-14-15-16-17-18-19-20-25-29-33-40-36(39)32-28-24-21-23-27-31-35(38)34(37)30-26-22-10-8-6-4-2/h34-35,37-38H,3-33H2,1-2H3. The predicted molar refractivity (Wildman–Crippen MR) is 173 cm³/mol. The number of unbranched alkanes of at least 4 members (excludes halogenated alkanes) is 24. The molecule has 0 bridgehead atoms. The van der Waals surface area contributed by atoms with E-state index in [0.717, 1.165) is 57.8 Å². The van der Waals surface area contributed by atoms with Crippen molar-refractivity contribution >= 4 is 5.97 Å². The molecule has 240 valence electrons. The van der Waals surface area contributed by atoms with Crippen LogP contribution < -0.4 is 0 Å². The minimum Gasteiger partial charge on any atom is -0.466 e. The Morgan fingerprint density at radius 3 is 1.12 bits per heavy atom. The Morgan fingerprint density at radius 2 is 0.750 bits per heavy atom. The zero-order chi connectivity index (χ0) is 29.4. The van der Waals surface area contributed by atoms with Crippen LogP contribution in [0.5, 0.6) is 0 Å². The van der Waals surface area contributed by atoms with E-state index in [1.807, 2.05) is 0 Å². The van der Waals surface area contributed by atoms with Crippen molar-refractivity contribution in [3.63, 3.8) is 0 Å². The van der Waals surface area contributed by atoms with Crippen molar-refractivity contribution in [3.8, 4) is 0 Å². The lowest BCUT2D eigenvalue weighted by Crippen LogP contribution is -2.25. The van der Waals surface area contributed by atoms with Crippen LogP contribution >= 0.6 is 0 Å². The van der Waals surface area contributed by atoms with Crippen LogP contribution in [0.2, 0.25) is 0 Å². The first-order valence-corrected chi connectivity index (χ1v) is 18.1. The monoisotopic (exact) mass is 569 g/mol. The molecule has 2 atom stereocenters. The quantitative estimate of drug-likeness (QED) is 0.0610. The Bertz CT molecular complexity index is 495. The molecular weight excluding hydrogens is 496 g/mol. The van der Waals surface area contributed by atoms with Gasteiger partial charge in [0.2, 0.25) is 0 Å². The van der Waals surface area contributed by atoms with Gasteiger partial charge in [-0.15, -0.1) is 0 Å². The molecule has 0 saturated heterocycles. The third-order valence-electron chi connectivity index (χ3n) is 8.44. The molecule has 0 aromatic heterocycles. The van der Waals surface area contributed by atoms with Crippen LogP contribution in [0.25, 0.3) is 0 Å². The second-order valence-corrected chi connectivity index (χ2v) is 12.5. The van der Waals surface area contributed by atoms with Crippen LogP contribution in [0, 0.1) is 0 Å². The van der Waals surface area contributed by atoms with Crippen molar-refractivity contribution in [2.75, 3.05) is 6.61 Å². The van der Waals surface area contributed by atoms with Gasteiger partial charge in [0.25, 0.3) is 0 Å². The summed E-state index contributed by atoms with van der Waals surface area (Å²) in [6, 6.07) is 0. The molecule has 4 heteroatoms. The Hall–Kier alpha value is -0.610. The summed E-state index contributed by atoms with van der Waals surface area (Å²) < 4.78 is 5.41. The number of carbonyl (C=O) groups excluding carboxylic acids is 1. The van der Waals surface area contributed by atoms with Crippen LogP contribution in [0.1, 0.15) is 206 Å². The number of aliphatic hydroxyl groups is 2. The molecule has 0 aromatic carbocycles. The Labute approximate surface area is 250 Å². The van der Waals surface area contributed by atoms with Gasteiger partial charge >= 0.3 is 5.97 Å². The molecule has 0 aliphatic heterocycles. The molecule has 0 amide bonds. The zero-order valence-corrected chi connectivity index (χ0v) is 27.3. The molecule has 0 aliphatic carbocycles. The van der Waals surface area contributed by atoms with Crippen LogP contribution in [0.4, 0.5) is 0 Å². The van der Waals surface area contributed by atoms with Gasteiger partial charge in [-0.05, 0) is 25.7 Å². The second kappa shape index (κ2) is 32.9. The third kappa shape index (κ3) is 30.4. The second-order valence-electron chi connectivity index (χ2n) is 12.5. The van der Waals surface area contributed by atoms with Gasteiger partial charge in [-0.25, -0.2) is 0 Å². The fourth-order valence-electron chi connectivity index (χ4n) is 5.58. The van der Waals surface area contributed by atoms with Gasteiger partial charge in [0.1, 0.15) is 0 Å². The first kappa shape index (κ1) is 39.4. The molecule has 0 heterocycles. The van der Waals surface area contributed by atoms with E-state index in [2.05, 4.69) is 13.8 Å². The third-order valence-corrected chi connectivity index (χ3v) is 8.44.